The molecule has 0 N–H and O–H groups in total. The fraction of sp³-hybridized carbons (Fsp3) is 0.308. The molecule has 2 aromatic rings. The fourth-order valence-electron chi connectivity index (χ4n) is 1.76. The molecule has 102 valence electrons. The average Bonchev–Trinajstić information content (AvgIpc) is 2.77. The predicted octanol–water partition coefficient (Wildman–Crippen LogP) is 3.28. The summed E-state index contributed by atoms with van der Waals surface area (Å²) in [6.45, 7) is 1.87. The van der Waals surface area contributed by atoms with Gasteiger partial charge in [0.15, 0.2) is 11.5 Å². The van der Waals surface area contributed by atoms with E-state index >= 15 is 0 Å². The number of halogens is 1. The zero-order valence-electron chi connectivity index (χ0n) is 11.1. The quantitative estimate of drug-likeness (QED) is 0.768. The normalized spacial score (nSPS) is 10.4. The standard InChI is InChI=1S/C13H14INO4/c1-7-11(14)12(15-19-7)8-5-9(16-2)13(18-4)10(6-8)17-3/h5-6H,1-4H3. The second-order valence-corrected chi connectivity index (χ2v) is 4.89. The molecule has 0 aliphatic carbocycles. The van der Waals surface area contributed by atoms with E-state index in [-0.39, 0.29) is 0 Å². The van der Waals surface area contributed by atoms with Crippen molar-refractivity contribution in [3.05, 3.63) is 21.5 Å². The second-order valence-electron chi connectivity index (χ2n) is 3.82. The van der Waals surface area contributed by atoms with Crippen molar-refractivity contribution >= 4 is 22.6 Å². The molecular formula is C13H14INO4. The van der Waals surface area contributed by atoms with Gasteiger partial charge in [-0.05, 0) is 41.6 Å². The SMILES string of the molecule is COc1cc(-c2noc(C)c2I)cc(OC)c1OC. The highest BCUT2D eigenvalue weighted by molar-refractivity contribution is 14.1. The predicted molar refractivity (Wildman–Crippen MR) is 79.0 cm³/mol. The van der Waals surface area contributed by atoms with E-state index in [1.165, 1.54) is 0 Å². The van der Waals surface area contributed by atoms with Crippen LogP contribution in [0.1, 0.15) is 5.76 Å². The Hall–Kier alpha value is -1.44. The summed E-state index contributed by atoms with van der Waals surface area (Å²) in [5.41, 5.74) is 1.62. The summed E-state index contributed by atoms with van der Waals surface area (Å²) in [5, 5.41) is 4.06. The molecule has 1 aromatic carbocycles. The average molecular weight is 375 g/mol. The van der Waals surface area contributed by atoms with Crippen LogP contribution >= 0.6 is 22.6 Å². The van der Waals surface area contributed by atoms with E-state index in [2.05, 4.69) is 27.7 Å². The van der Waals surface area contributed by atoms with Crippen molar-refractivity contribution < 1.29 is 18.7 Å². The molecule has 0 atom stereocenters. The zero-order chi connectivity index (χ0) is 14.0. The molecule has 0 fully saturated rings. The van der Waals surface area contributed by atoms with Crippen LogP contribution in [0.4, 0.5) is 0 Å². The van der Waals surface area contributed by atoms with E-state index in [0.717, 1.165) is 20.6 Å². The van der Waals surface area contributed by atoms with Gasteiger partial charge < -0.3 is 18.7 Å². The number of aryl methyl sites for hydroxylation is 1. The molecule has 6 heteroatoms. The lowest BCUT2D eigenvalue weighted by Crippen LogP contribution is -1.96. The Morgan fingerprint density at radius 3 is 2.00 bits per heavy atom. The van der Waals surface area contributed by atoms with E-state index in [4.69, 9.17) is 18.7 Å². The molecule has 0 amide bonds. The van der Waals surface area contributed by atoms with Crippen molar-refractivity contribution in [1.82, 2.24) is 5.16 Å². The van der Waals surface area contributed by atoms with Gasteiger partial charge >= 0.3 is 0 Å². The number of methoxy groups -OCH3 is 3. The zero-order valence-corrected chi connectivity index (χ0v) is 13.3. The van der Waals surface area contributed by atoms with Gasteiger partial charge in [-0.25, -0.2) is 0 Å². The molecule has 0 bridgehead atoms. The van der Waals surface area contributed by atoms with Crippen LogP contribution in [0.3, 0.4) is 0 Å². The Morgan fingerprint density at radius 2 is 1.63 bits per heavy atom. The van der Waals surface area contributed by atoms with E-state index in [1.807, 2.05) is 19.1 Å². The first kappa shape index (κ1) is 14.0. The van der Waals surface area contributed by atoms with Crippen molar-refractivity contribution in [3.63, 3.8) is 0 Å². The molecule has 0 aliphatic heterocycles. The first-order valence-electron chi connectivity index (χ1n) is 5.54. The fourth-order valence-corrected chi connectivity index (χ4v) is 2.27. The molecule has 1 heterocycles. The Balaban J connectivity index is 2.62. The van der Waals surface area contributed by atoms with E-state index in [9.17, 15) is 0 Å². The van der Waals surface area contributed by atoms with E-state index in [1.54, 1.807) is 21.3 Å². The number of nitrogens with zero attached hydrogens (tertiary/aromatic N) is 1. The van der Waals surface area contributed by atoms with Gasteiger partial charge in [-0.2, -0.15) is 0 Å². The molecule has 0 aliphatic rings. The van der Waals surface area contributed by atoms with Crippen LogP contribution in [0.5, 0.6) is 17.2 Å². The monoisotopic (exact) mass is 375 g/mol. The molecular weight excluding hydrogens is 361 g/mol. The molecule has 0 radical (unpaired) electrons. The lowest BCUT2D eigenvalue weighted by atomic mass is 10.1. The van der Waals surface area contributed by atoms with E-state index in [0.29, 0.717) is 17.2 Å². The minimum absolute atomic E-state index is 0.559. The maximum absolute atomic E-state index is 5.32. The van der Waals surface area contributed by atoms with Gasteiger partial charge in [0.1, 0.15) is 11.5 Å². The van der Waals surface area contributed by atoms with Crippen molar-refractivity contribution in [2.45, 2.75) is 6.92 Å². The summed E-state index contributed by atoms with van der Waals surface area (Å²) in [6.07, 6.45) is 0. The van der Waals surface area contributed by atoms with Crippen molar-refractivity contribution in [2.75, 3.05) is 21.3 Å². The van der Waals surface area contributed by atoms with Gasteiger partial charge in [0.25, 0.3) is 0 Å². The van der Waals surface area contributed by atoms with Gasteiger partial charge in [0, 0.05) is 5.56 Å². The summed E-state index contributed by atoms with van der Waals surface area (Å²) in [4.78, 5) is 0. The van der Waals surface area contributed by atoms with Crippen molar-refractivity contribution in [1.29, 1.82) is 0 Å². The van der Waals surface area contributed by atoms with Crippen LogP contribution in [0.25, 0.3) is 11.3 Å². The first-order valence-corrected chi connectivity index (χ1v) is 6.62. The Labute approximate surface area is 125 Å². The van der Waals surface area contributed by atoms with Crippen molar-refractivity contribution in [2.24, 2.45) is 0 Å². The lowest BCUT2D eigenvalue weighted by Gasteiger charge is -2.13. The minimum Gasteiger partial charge on any atom is -0.493 e. The van der Waals surface area contributed by atoms with E-state index < -0.39 is 0 Å². The van der Waals surface area contributed by atoms with Crippen molar-refractivity contribution in [3.8, 4) is 28.5 Å². The third kappa shape index (κ3) is 2.49. The maximum atomic E-state index is 5.32. The number of rotatable bonds is 4. The molecule has 1 aromatic heterocycles. The van der Waals surface area contributed by atoms with Crippen LogP contribution in [0, 0.1) is 10.5 Å². The molecule has 0 spiro atoms. The lowest BCUT2D eigenvalue weighted by molar-refractivity contribution is 0.324. The molecule has 19 heavy (non-hydrogen) atoms. The van der Waals surface area contributed by atoms with Crippen LogP contribution < -0.4 is 14.2 Å². The number of hydrogen-bond acceptors (Lipinski definition) is 5. The van der Waals surface area contributed by atoms with Gasteiger partial charge in [-0.1, -0.05) is 5.16 Å². The Bertz CT molecular complexity index is 569. The second kappa shape index (κ2) is 5.68. The largest absolute Gasteiger partial charge is 0.493 e. The highest BCUT2D eigenvalue weighted by atomic mass is 127. The number of hydrogen-bond donors (Lipinski definition) is 0. The van der Waals surface area contributed by atoms with Gasteiger partial charge in [-0.3, -0.25) is 0 Å². The maximum Gasteiger partial charge on any atom is 0.203 e. The van der Waals surface area contributed by atoms with Crippen LogP contribution in [0.2, 0.25) is 0 Å². The summed E-state index contributed by atoms with van der Waals surface area (Å²) >= 11 is 2.20. The molecule has 0 unspecified atom stereocenters. The molecule has 2 rings (SSSR count). The van der Waals surface area contributed by atoms with Gasteiger partial charge in [0.2, 0.25) is 5.75 Å². The van der Waals surface area contributed by atoms with Crippen LogP contribution in [0.15, 0.2) is 16.7 Å². The van der Waals surface area contributed by atoms with Crippen LogP contribution in [-0.2, 0) is 0 Å². The Morgan fingerprint density at radius 1 is 1.05 bits per heavy atom. The molecule has 0 saturated carbocycles. The Kier molecular flexibility index (Phi) is 4.18. The smallest absolute Gasteiger partial charge is 0.203 e. The number of ether oxygens (including phenoxy) is 3. The number of benzene rings is 1. The number of aromatic nitrogens is 1. The van der Waals surface area contributed by atoms with Crippen LogP contribution in [-0.4, -0.2) is 26.5 Å². The summed E-state index contributed by atoms with van der Waals surface area (Å²) < 4.78 is 22.1. The highest BCUT2D eigenvalue weighted by Crippen LogP contribution is 2.41. The van der Waals surface area contributed by atoms with Gasteiger partial charge in [-0.15, -0.1) is 0 Å². The summed E-state index contributed by atoms with van der Waals surface area (Å²) in [7, 11) is 4.74. The first-order chi connectivity index (χ1) is 9.12. The summed E-state index contributed by atoms with van der Waals surface area (Å²) in [5.74, 6) is 2.52. The molecule has 0 saturated heterocycles. The topological polar surface area (TPSA) is 53.7 Å². The minimum atomic E-state index is 0.559. The summed E-state index contributed by atoms with van der Waals surface area (Å²) in [6, 6.07) is 3.70. The van der Waals surface area contributed by atoms with Gasteiger partial charge in [0.05, 0.1) is 24.9 Å². The molecule has 5 nitrogen and oxygen atoms in total. The third-order valence-corrected chi connectivity index (χ3v) is 4.00. The third-order valence-electron chi connectivity index (χ3n) is 2.73. The highest BCUT2D eigenvalue weighted by Gasteiger charge is 2.18.